The molecule has 0 spiro atoms. The van der Waals surface area contributed by atoms with E-state index in [1.807, 2.05) is 24.3 Å². The zero-order chi connectivity index (χ0) is 21.2. The van der Waals surface area contributed by atoms with Gasteiger partial charge in [0.05, 0.1) is 26.7 Å². The van der Waals surface area contributed by atoms with Gasteiger partial charge in [-0.15, -0.1) is 0 Å². The standard InChI is InChI=1S/C22H29NO6/c1-14(2)29-20(25)12-22(21(26)28-4)18-9-8-16(11-19(22)24)23(18)13-15-6-5-7-17(10-15)27-3/h5-7,10,14,16,18H,8-9,11-13H2,1-4H3/t16-,18+,22-/m1/s1. The molecule has 1 aromatic carbocycles. The van der Waals surface area contributed by atoms with Gasteiger partial charge in [-0.3, -0.25) is 19.3 Å². The molecule has 2 bridgehead atoms. The van der Waals surface area contributed by atoms with E-state index >= 15 is 0 Å². The monoisotopic (exact) mass is 403 g/mol. The zero-order valence-electron chi connectivity index (χ0n) is 17.5. The van der Waals surface area contributed by atoms with E-state index in [-0.39, 0.29) is 30.8 Å². The number of carbonyl (C=O) groups is 3. The molecule has 0 unspecified atom stereocenters. The van der Waals surface area contributed by atoms with E-state index in [2.05, 4.69) is 4.90 Å². The second-order valence-corrected chi connectivity index (χ2v) is 8.08. The molecule has 2 heterocycles. The predicted molar refractivity (Wildman–Crippen MR) is 105 cm³/mol. The highest BCUT2D eigenvalue weighted by Crippen LogP contribution is 2.48. The quantitative estimate of drug-likeness (QED) is 0.511. The Bertz CT molecular complexity index is 791. The first-order chi connectivity index (χ1) is 13.8. The van der Waals surface area contributed by atoms with Crippen LogP contribution in [-0.4, -0.2) is 55.0 Å². The third-order valence-corrected chi connectivity index (χ3v) is 5.97. The number of esters is 2. The minimum absolute atomic E-state index is 0.0533. The number of methoxy groups -OCH3 is 2. The summed E-state index contributed by atoms with van der Waals surface area (Å²) in [5, 5.41) is 0. The topological polar surface area (TPSA) is 82.1 Å². The molecule has 0 amide bonds. The van der Waals surface area contributed by atoms with Crippen LogP contribution in [0.3, 0.4) is 0 Å². The van der Waals surface area contributed by atoms with Crippen molar-refractivity contribution >= 4 is 17.7 Å². The lowest BCUT2D eigenvalue weighted by molar-refractivity contribution is -0.174. The van der Waals surface area contributed by atoms with Gasteiger partial charge in [0, 0.05) is 25.0 Å². The summed E-state index contributed by atoms with van der Waals surface area (Å²) in [5.41, 5.74) is -0.494. The van der Waals surface area contributed by atoms with Crippen molar-refractivity contribution in [2.24, 2.45) is 5.41 Å². The van der Waals surface area contributed by atoms with Crippen molar-refractivity contribution in [3.05, 3.63) is 29.8 Å². The van der Waals surface area contributed by atoms with Crippen molar-refractivity contribution in [1.82, 2.24) is 4.90 Å². The van der Waals surface area contributed by atoms with Crippen molar-refractivity contribution in [1.29, 1.82) is 0 Å². The number of hydrogen-bond donors (Lipinski definition) is 0. The van der Waals surface area contributed by atoms with Crippen LogP contribution in [0.5, 0.6) is 5.75 Å². The summed E-state index contributed by atoms with van der Waals surface area (Å²) in [6.45, 7) is 4.05. The molecule has 2 fully saturated rings. The van der Waals surface area contributed by atoms with Crippen LogP contribution in [0.4, 0.5) is 0 Å². The second-order valence-electron chi connectivity index (χ2n) is 8.08. The predicted octanol–water partition coefficient (Wildman–Crippen LogP) is 2.50. The minimum Gasteiger partial charge on any atom is -0.497 e. The maximum atomic E-state index is 13.1. The van der Waals surface area contributed by atoms with E-state index in [1.54, 1.807) is 21.0 Å². The number of benzene rings is 1. The van der Waals surface area contributed by atoms with Gasteiger partial charge in [0.25, 0.3) is 0 Å². The van der Waals surface area contributed by atoms with Gasteiger partial charge in [0.2, 0.25) is 0 Å². The Hall–Kier alpha value is -2.41. The molecule has 0 aliphatic carbocycles. The van der Waals surface area contributed by atoms with Crippen LogP contribution in [0.15, 0.2) is 24.3 Å². The summed E-state index contributed by atoms with van der Waals surface area (Å²) in [4.78, 5) is 40.7. The summed E-state index contributed by atoms with van der Waals surface area (Å²) < 4.78 is 15.6. The minimum atomic E-state index is -1.52. The maximum Gasteiger partial charge on any atom is 0.321 e. The van der Waals surface area contributed by atoms with Crippen molar-refractivity contribution < 1.29 is 28.6 Å². The number of Topliss-reactive ketones (excluding diaryl/α,β-unsaturated/α-hetero) is 1. The Morgan fingerprint density at radius 2 is 2.00 bits per heavy atom. The fraction of sp³-hybridized carbons (Fsp3) is 0.591. The zero-order valence-corrected chi connectivity index (χ0v) is 17.5. The lowest BCUT2D eigenvalue weighted by atomic mass is 9.70. The van der Waals surface area contributed by atoms with Crippen molar-refractivity contribution in [2.45, 2.75) is 64.3 Å². The van der Waals surface area contributed by atoms with Gasteiger partial charge in [-0.2, -0.15) is 0 Å². The molecule has 0 aromatic heterocycles. The Balaban J connectivity index is 1.93. The molecule has 3 rings (SSSR count). The highest BCUT2D eigenvalue weighted by Gasteiger charge is 2.62. The van der Waals surface area contributed by atoms with Gasteiger partial charge in [-0.1, -0.05) is 12.1 Å². The normalized spacial score (nSPS) is 26.4. The molecule has 1 aromatic rings. The van der Waals surface area contributed by atoms with E-state index in [0.717, 1.165) is 17.7 Å². The van der Waals surface area contributed by atoms with E-state index in [1.165, 1.54) is 7.11 Å². The summed E-state index contributed by atoms with van der Waals surface area (Å²) in [6, 6.07) is 7.38. The maximum absolute atomic E-state index is 13.1. The first-order valence-corrected chi connectivity index (χ1v) is 10.0. The van der Waals surface area contributed by atoms with Crippen LogP contribution in [-0.2, 0) is 30.4 Å². The average Bonchev–Trinajstić information content (AvgIpc) is 3.00. The van der Waals surface area contributed by atoms with Crippen molar-refractivity contribution in [3.63, 3.8) is 0 Å². The number of hydrogen-bond acceptors (Lipinski definition) is 7. The van der Waals surface area contributed by atoms with Crippen LogP contribution in [0.2, 0.25) is 0 Å². The second kappa shape index (κ2) is 8.53. The Kier molecular flexibility index (Phi) is 6.27. The van der Waals surface area contributed by atoms with Gasteiger partial charge in [-0.25, -0.2) is 0 Å². The number of fused-ring (bicyclic) bond motifs is 2. The molecule has 29 heavy (non-hydrogen) atoms. The van der Waals surface area contributed by atoms with E-state index in [9.17, 15) is 14.4 Å². The van der Waals surface area contributed by atoms with Gasteiger partial charge < -0.3 is 14.2 Å². The molecule has 158 valence electrons. The Morgan fingerprint density at radius 1 is 1.24 bits per heavy atom. The Labute approximate surface area is 171 Å². The lowest BCUT2D eigenvalue weighted by Crippen LogP contribution is -2.61. The molecule has 0 saturated carbocycles. The van der Waals surface area contributed by atoms with Crippen molar-refractivity contribution in [2.75, 3.05) is 14.2 Å². The highest BCUT2D eigenvalue weighted by atomic mass is 16.5. The highest BCUT2D eigenvalue weighted by molar-refractivity contribution is 6.08. The number of rotatable bonds is 7. The van der Waals surface area contributed by atoms with Gasteiger partial charge in [0.1, 0.15) is 5.75 Å². The molecule has 7 heteroatoms. The molecule has 0 radical (unpaired) electrons. The molecule has 2 aliphatic rings. The van der Waals surface area contributed by atoms with E-state index in [4.69, 9.17) is 14.2 Å². The molecule has 0 N–H and O–H groups in total. The third kappa shape index (κ3) is 4.01. The average molecular weight is 403 g/mol. The number of ketones is 1. The third-order valence-electron chi connectivity index (χ3n) is 5.97. The smallest absolute Gasteiger partial charge is 0.321 e. The number of carbonyl (C=O) groups excluding carboxylic acids is 3. The first kappa shape index (κ1) is 21.3. The summed E-state index contributed by atoms with van der Waals surface area (Å²) in [5.74, 6) is -0.670. The molecular formula is C22H29NO6. The molecule has 2 aliphatic heterocycles. The molecule has 3 atom stereocenters. The SMILES string of the molecule is COC(=O)[C@@]1(CC(=O)OC(C)C)C(=O)C[C@H]2CC[C@@H]1N2Cc1cccc(OC)c1. The molecule has 2 saturated heterocycles. The van der Waals surface area contributed by atoms with Crippen LogP contribution < -0.4 is 4.74 Å². The van der Waals surface area contributed by atoms with Crippen LogP contribution in [0, 0.1) is 5.41 Å². The summed E-state index contributed by atoms with van der Waals surface area (Å²) in [6.07, 6.45) is 1.08. The number of nitrogens with zero attached hydrogens (tertiary/aromatic N) is 1. The lowest BCUT2D eigenvalue weighted by Gasteiger charge is -2.45. The first-order valence-electron chi connectivity index (χ1n) is 10.0. The van der Waals surface area contributed by atoms with Gasteiger partial charge in [-0.05, 0) is 44.4 Å². The number of ether oxygens (including phenoxy) is 3. The van der Waals surface area contributed by atoms with Gasteiger partial charge >= 0.3 is 11.9 Å². The number of piperidine rings is 1. The van der Waals surface area contributed by atoms with E-state index in [0.29, 0.717) is 13.0 Å². The van der Waals surface area contributed by atoms with Crippen LogP contribution >= 0.6 is 0 Å². The van der Waals surface area contributed by atoms with Gasteiger partial charge in [0.15, 0.2) is 11.2 Å². The summed E-state index contributed by atoms with van der Waals surface area (Å²) in [7, 11) is 2.88. The fourth-order valence-electron chi connectivity index (χ4n) is 4.74. The molecular weight excluding hydrogens is 374 g/mol. The Morgan fingerprint density at radius 3 is 2.66 bits per heavy atom. The molecule has 7 nitrogen and oxygen atoms in total. The largest absolute Gasteiger partial charge is 0.497 e. The van der Waals surface area contributed by atoms with Crippen LogP contribution in [0.1, 0.15) is 45.1 Å². The van der Waals surface area contributed by atoms with Crippen LogP contribution in [0.25, 0.3) is 0 Å². The fourth-order valence-corrected chi connectivity index (χ4v) is 4.74. The van der Waals surface area contributed by atoms with E-state index < -0.39 is 23.4 Å². The van der Waals surface area contributed by atoms with Crippen molar-refractivity contribution in [3.8, 4) is 5.75 Å². The summed E-state index contributed by atoms with van der Waals surface area (Å²) >= 11 is 0.